The Morgan fingerprint density at radius 3 is 2.34 bits per heavy atom. The van der Waals surface area contributed by atoms with Crippen molar-refractivity contribution in [3.63, 3.8) is 0 Å². The number of aryl methyl sites for hydroxylation is 3. The molecule has 0 aliphatic carbocycles. The molecule has 32 heavy (non-hydrogen) atoms. The van der Waals surface area contributed by atoms with Crippen LogP contribution in [-0.2, 0) is 20.5 Å². The summed E-state index contributed by atoms with van der Waals surface area (Å²) in [5, 5.41) is 0.155. The molecule has 2 aromatic rings. The third-order valence-electron chi connectivity index (χ3n) is 5.51. The number of alkyl halides is 3. The van der Waals surface area contributed by atoms with E-state index in [1.54, 1.807) is 0 Å². The molecule has 3 unspecified atom stereocenters. The molecule has 1 aliphatic heterocycles. The minimum Gasteiger partial charge on any atom is -0.461 e. The van der Waals surface area contributed by atoms with Crippen LogP contribution in [0.25, 0.3) is 0 Å². The fourth-order valence-corrected chi connectivity index (χ4v) is 5.24. The number of carbonyl (C=O) groups excluding carboxylic acids is 2. The van der Waals surface area contributed by atoms with E-state index in [9.17, 15) is 22.8 Å². The molecule has 2 heterocycles. The zero-order chi connectivity index (χ0) is 23.8. The number of ketones is 1. The molecule has 3 rings (SSSR count). The molecule has 0 bridgehead atoms. The number of Topliss-reactive ketones (excluding diaryl/α,β-unsaturated/α-hetero) is 1. The van der Waals surface area contributed by atoms with Crippen LogP contribution in [-0.4, -0.2) is 28.6 Å². The van der Waals surface area contributed by atoms with Gasteiger partial charge in [-0.25, -0.2) is 4.98 Å². The molecule has 4 nitrogen and oxygen atoms in total. The molecular weight excluding hydrogens is 463 g/mol. The SMILES string of the molecule is Cc1cc(C)c(C2C(=O)CC(C(C)CSc3ncc(C(F)(F)F)cc3Cl)OC2=O)c(C)c1. The molecule has 1 aromatic heterocycles. The second-order valence-electron chi connectivity index (χ2n) is 8.19. The van der Waals surface area contributed by atoms with Crippen molar-refractivity contribution in [3.8, 4) is 0 Å². The lowest BCUT2D eigenvalue weighted by molar-refractivity contribution is -0.162. The van der Waals surface area contributed by atoms with E-state index in [2.05, 4.69) is 4.98 Å². The smallest absolute Gasteiger partial charge is 0.417 e. The van der Waals surface area contributed by atoms with E-state index >= 15 is 0 Å². The molecule has 0 spiro atoms. The van der Waals surface area contributed by atoms with Crippen molar-refractivity contribution >= 4 is 35.1 Å². The standard InChI is InChI=1S/C23H23ClF3NO3S/c1-11-5-12(2)19(13(3)6-11)20-17(29)8-18(31-22(20)30)14(4)10-32-21-16(24)7-15(9-28-21)23(25,26)27/h5-7,9,14,18,20H,8,10H2,1-4H3. The number of carbonyl (C=O) groups is 2. The fraction of sp³-hybridized carbons (Fsp3) is 0.435. The average molecular weight is 486 g/mol. The monoisotopic (exact) mass is 485 g/mol. The van der Waals surface area contributed by atoms with Crippen molar-refractivity contribution in [1.82, 2.24) is 4.98 Å². The Bertz CT molecular complexity index is 1020. The number of halogens is 4. The largest absolute Gasteiger partial charge is 0.461 e. The number of cyclic esters (lactones) is 1. The van der Waals surface area contributed by atoms with Crippen LogP contribution in [0.1, 0.15) is 47.1 Å². The number of rotatable bonds is 5. The Hall–Kier alpha value is -2.06. The van der Waals surface area contributed by atoms with Crippen molar-refractivity contribution in [2.75, 3.05) is 5.75 Å². The van der Waals surface area contributed by atoms with E-state index in [1.165, 1.54) is 0 Å². The predicted molar refractivity (Wildman–Crippen MR) is 117 cm³/mol. The van der Waals surface area contributed by atoms with Crippen molar-refractivity contribution in [2.24, 2.45) is 5.92 Å². The molecule has 9 heteroatoms. The van der Waals surface area contributed by atoms with Gasteiger partial charge in [0.25, 0.3) is 0 Å². The minimum atomic E-state index is -4.52. The van der Waals surface area contributed by atoms with Crippen LogP contribution in [0.15, 0.2) is 29.4 Å². The lowest BCUT2D eigenvalue weighted by Crippen LogP contribution is -2.41. The van der Waals surface area contributed by atoms with Crippen molar-refractivity contribution in [3.05, 3.63) is 57.2 Å². The van der Waals surface area contributed by atoms with Gasteiger partial charge < -0.3 is 4.74 Å². The van der Waals surface area contributed by atoms with Gasteiger partial charge in [-0.1, -0.05) is 36.2 Å². The van der Waals surface area contributed by atoms with E-state index in [0.717, 1.165) is 40.7 Å². The van der Waals surface area contributed by atoms with Crippen molar-refractivity contribution in [1.29, 1.82) is 0 Å². The number of hydrogen-bond acceptors (Lipinski definition) is 5. The summed E-state index contributed by atoms with van der Waals surface area (Å²) in [6, 6.07) is 4.71. The number of benzene rings is 1. The van der Waals surface area contributed by atoms with E-state index in [-0.39, 0.29) is 28.2 Å². The van der Waals surface area contributed by atoms with Crippen LogP contribution in [0.5, 0.6) is 0 Å². The predicted octanol–water partition coefficient (Wildman–Crippen LogP) is 6.08. The van der Waals surface area contributed by atoms with E-state index in [4.69, 9.17) is 16.3 Å². The van der Waals surface area contributed by atoms with Gasteiger partial charge >= 0.3 is 12.1 Å². The fourth-order valence-electron chi connectivity index (χ4n) is 3.95. The molecule has 1 aliphatic rings. The number of aromatic nitrogens is 1. The summed E-state index contributed by atoms with van der Waals surface area (Å²) in [6.45, 7) is 7.53. The number of esters is 1. The Morgan fingerprint density at radius 1 is 1.19 bits per heavy atom. The van der Waals surface area contributed by atoms with Gasteiger partial charge in [-0.2, -0.15) is 13.2 Å². The third-order valence-corrected chi connectivity index (χ3v) is 7.20. The molecule has 0 saturated carbocycles. The lowest BCUT2D eigenvalue weighted by Gasteiger charge is -2.32. The van der Waals surface area contributed by atoms with Gasteiger partial charge in [0.05, 0.1) is 10.6 Å². The molecule has 1 saturated heterocycles. The minimum absolute atomic E-state index is 0.0824. The number of ether oxygens (including phenoxy) is 1. The quantitative estimate of drug-likeness (QED) is 0.292. The summed E-state index contributed by atoms with van der Waals surface area (Å²) in [4.78, 5) is 29.5. The van der Waals surface area contributed by atoms with Crippen molar-refractivity contribution in [2.45, 2.75) is 57.3 Å². The molecule has 1 aromatic carbocycles. The molecule has 3 atom stereocenters. The summed E-state index contributed by atoms with van der Waals surface area (Å²) in [5.74, 6) is -1.55. The van der Waals surface area contributed by atoms with Crippen molar-refractivity contribution < 1.29 is 27.5 Å². The first kappa shape index (κ1) is 24.6. The highest BCUT2D eigenvalue weighted by atomic mass is 35.5. The maximum Gasteiger partial charge on any atom is 0.417 e. The number of pyridine rings is 1. The Kier molecular flexibility index (Phi) is 7.25. The topological polar surface area (TPSA) is 56.3 Å². The Balaban J connectivity index is 1.68. The molecule has 0 radical (unpaired) electrons. The number of thioether (sulfide) groups is 1. The summed E-state index contributed by atoms with van der Waals surface area (Å²) < 4.78 is 43.9. The lowest BCUT2D eigenvalue weighted by atomic mass is 9.82. The zero-order valence-corrected chi connectivity index (χ0v) is 19.6. The average Bonchev–Trinajstić information content (AvgIpc) is 2.67. The first-order valence-corrected chi connectivity index (χ1v) is 11.4. The number of hydrogen-bond donors (Lipinski definition) is 0. The molecular formula is C23H23ClF3NO3S. The van der Waals surface area contributed by atoms with Crippen LogP contribution in [0, 0.1) is 26.7 Å². The molecule has 172 valence electrons. The van der Waals surface area contributed by atoms with Gasteiger partial charge in [-0.05, 0) is 43.5 Å². The molecule has 0 amide bonds. The van der Waals surface area contributed by atoms with E-state index in [0.29, 0.717) is 11.3 Å². The van der Waals surface area contributed by atoms with Gasteiger partial charge in [0.15, 0.2) is 5.78 Å². The van der Waals surface area contributed by atoms with Gasteiger partial charge in [0, 0.05) is 24.3 Å². The van der Waals surface area contributed by atoms with Gasteiger partial charge in [0.2, 0.25) is 0 Å². The first-order valence-electron chi connectivity index (χ1n) is 10.0. The normalized spacial score (nSPS) is 20.2. The van der Waals surface area contributed by atoms with Crippen LogP contribution < -0.4 is 0 Å². The molecule has 0 N–H and O–H groups in total. The maximum atomic E-state index is 12.9. The highest BCUT2D eigenvalue weighted by Gasteiger charge is 2.41. The zero-order valence-electron chi connectivity index (χ0n) is 18.0. The Labute approximate surface area is 193 Å². The summed E-state index contributed by atoms with van der Waals surface area (Å²) >= 11 is 7.12. The van der Waals surface area contributed by atoms with Crippen LogP contribution in [0.3, 0.4) is 0 Å². The summed E-state index contributed by atoms with van der Waals surface area (Å²) in [6.07, 6.45) is -4.31. The second-order valence-corrected chi connectivity index (χ2v) is 9.60. The molecule has 1 fully saturated rings. The third kappa shape index (κ3) is 5.29. The van der Waals surface area contributed by atoms with Gasteiger partial charge in [-0.3, -0.25) is 9.59 Å². The highest BCUT2D eigenvalue weighted by Crippen LogP contribution is 2.37. The van der Waals surface area contributed by atoms with Gasteiger partial charge in [0.1, 0.15) is 17.0 Å². The van der Waals surface area contributed by atoms with E-state index in [1.807, 2.05) is 39.8 Å². The van der Waals surface area contributed by atoms with E-state index < -0.39 is 29.7 Å². The summed E-state index contributed by atoms with van der Waals surface area (Å²) in [5.41, 5.74) is 2.59. The first-order chi connectivity index (χ1) is 14.9. The van der Waals surface area contributed by atoms with Crippen LogP contribution >= 0.6 is 23.4 Å². The van der Waals surface area contributed by atoms with Gasteiger partial charge in [-0.15, -0.1) is 11.8 Å². The summed E-state index contributed by atoms with van der Waals surface area (Å²) in [7, 11) is 0. The second kappa shape index (κ2) is 9.43. The van der Waals surface area contributed by atoms with Crippen LogP contribution in [0.2, 0.25) is 5.02 Å². The highest BCUT2D eigenvalue weighted by molar-refractivity contribution is 7.99. The maximum absolute atomic E-state index is 12.9. The number of nitrogens with zero attached hydrogens (tertiary/aromatic N) is 1. The van der Waals surface area contributed by atoms with Crippen LogP contribution in [0.4, 0.5) is 13.2 Å². The Morgan fingerprint density at radius 2 is 1.81 bits per heavy atom.